The van der Waals surface area contributed by atoms with Crippen molar-refractivity contribution in [3.05, 3.63) is 47.5 Å². The Morgan fingerprint density at radius 3 is 2.28 bits per heavy atom. The van der Waals surface area contributed by atoms with Gasteiger partial charge < -0.3 is 15.7 Å². The molecule has 0 aliphatic rings. The van der Waals surface area contributed by atoms with Gasteiger partial charge in [-0.1, -0.05) is 55.8 Å². The highest BCUT2D eigenvalue weighted by Crippen LogP contribution is 2.10. The maximum absolute atomic E-state index is 12.6. The molecule has 0 aromatic heterocycles. The molecule has 0 heterocycles. The summed E-state index contributed by atoms with van der Waals surface area (Å²) in [6, 6.07) is 9.25. The number of hydrogen-bond donors (Lipinski definition) is 3. The third kappa shape index (κ3) is 8.94. The third-order valence-electron chi connectivity index (χ3n) is 3.77. The van der Waals surface area contributed by atoms with E-state index in [0.717, 1.165) is 18.4 Å². The second-order valence-electron chi connectivity index (χ2n) is 7.01. The second kappa shape index (κ2) is 10.5. The second-order valence-corrected chi connectivity index (χ2v) is 7.01. The van der Waals surface area contributed by atoms with Gasteiger partial charge in [0.1, 0.15) is 6.04 Å². The molecule has 0 bridgehead atoms. The van der Waals surface area contributed by atoms with Gasteiger partial charge >= 0.3 is 6.09 Å². The number of amides is 2. The summed E-state index contributed by atoms with van der Waals surface area (Å²) < 4.78 is 0. The van der Waals surface area contributed by atoms with E-state index in [1.165, 1.54) is 5.56 Å². The fourth-order valence-corrected chi connectivity index (χ4v) is 2.70. The number of aryl methyl sites for hydroxylation is 1. The zero-order valence-corrected chi connectivity index (χ0v) is 15.6. The molecule has 0 saturated heterocycles. The van der Waals surface area contributed by atoms with E-state index < -0.39 is 12.1 Å². The van der Waals surface area contributed by atoms with Crippen LogP contribution in [-0.2, 0) is 11.2 Å². The van der Waals surface area contributed by atoms with E-state index in [2.05, 4.69) is 22.8 Å². The van der Waals surface area contributed by atoms with Crippen molar-refractivity contribution in [3.8, 4) is 0 Å². The third-order valence-corrected chi connectivity index (χ3v) is 3.77. The van der Waals surface area contributed by atoms with Crippen molar-refractivity contribution in [2.45, 2.75) is 59.0 Å². The largest absolute Gasteiger partial charge is 0.465 e. The molecule has 5 heteroatoms. The van der Waals surface area contributed by atoms with E-state index in [0.29, 0.717) is 6.42 Å². The number of carbonyl (C=O) groups excluding carboxylic acids is 1. The minimum absolute atomic E-state index is 0.122. The van der Waals surface area contributed by atoms with Crippen molar-refractivity contribution in [2.75, 3.05) is 0 Å². The number of nitrogens with one attached hydrogen (secondary N) is 2. The van der Waals surface area contributed by atoms with Crippen LogP contribution in [0, 0.1) is 5.92 Å². The first-order valence-corrected chi connectivity index (χ1v) is 8.76. The zero-order valence-electron chi connectivity index (χ0n) is 15.6. The SMILES string of the molecule is CC(C)=CC(CCc1ccccc1)NC(=O)C(CC(C)C)NC(=O)O. The van der Waals surface area contributed by atoms with Gasteiger partial charge in [-0.05, 0) is 44.6 Å². The van der Waals surface area contributed by atoms with E-state index in [1.54, 1.807) is 0 Å². The van der Waals surface area contributed by atoms with Crippen molar-refractivity contribution in [3.63, 3.8) is 0 Å². The fraction of sp³-hybridized carbons (Fsp3) is 0.500. The van der Waals surface area contributed by atoms with Crippen LogP contribution >= 0.6 is 0 Å². The number of benzene rings is 1. The molecule has 0 aliphatic carbocycles. The van der Waals surface area contributed by atoms with Crippen LogP contribution in [-0.4, -0.2) is 29.2 Å². The van der Waals surface area contributed by atoms with Gasteiger partial charge in [0.2, 0.25) is 5.91 Å². The van der Waals surface area contributed by atoms with Crippen LogP contribution in [0.25, 0.3) is 0 Å². The number of rotatable bonds is 9. The molecule has 5 nitrogen and oxygen atoms in total. The van der Waals surface area contributed by atoms with E-state index in [-0.39, 0.29) is 17.9 Å². The van der Waals surface area contributed by atoms with E-state index in [1.807, 2.05) is 52.0 Å². The average molecular weight is 346 g/mol. The first kappa shape index (κ1) is 20.7. The highest BCUT2D eigenvalue weighted by molar-refractivity contribution is 5.85. The molecule has 2 unspecified atom stereocenters. The van der Waals surface area contributed by atoms with Gasteiger partial charge in [0, 0.05) is 6.04 Å². The Balaban J connectivity index is 2.75. The summed E-state index contributed by atoms with van der Waals surface area (Å²) in [5.41, 5.74) is 2.33. The molecule has 138 valence electrons. The molecule has 0 spiro atoms. The molecule has 2 atom stereocenters. The van der Waals surface area contributed by atoms with Crippen LogP contribution in [0.2, 0.25) is 0 Å². The predicted molar refractivity (Wildman–Crippen MR) is 101 cm³/mol. The van der Waals surface area contributed by atoms with Crippen molar-refractivity contribution in [1.82, 2.24) is 10.6 Å². The van der Waals surface area contributed by atoms with Crippen molar-refractivity contribution in [1.29, 1.82) is 0 Å². The zero-order chi connectivity index (χ0) is 18.8. The molecule has 1 rings (SSSR count). The van der Waals surface area contributed by atoms with Gasteiger partial charge in [-0.25, -0.2) is 4.79 Å². The lowest BCUT2D eigenvalue weighted by Crippen LogP contribution is -2.49. The van der Waals surface area contributed by atoms with Gasteiger partial charge in [0.25, 0.3) is 0 Å². The number of hydrogen-bond acceptors (Lipinski definition) is 2. The molecule has 0 aliphatic heterocycles. The van der Waals surface area contributed by atoms with E-state index >= 15 is 0 Å². The first-order valence-electron chi connectivity index (χ1n) is 8.76. The molecule has 1 aromatic carbocycles. The van der Waals surface area contributed by atoms with Crippen molar-refractivity contribution in [2.24, 2.45) is 5.92 Å². The minimum atomic E-state index is -1.18. The van der Waals surface area contributed by atoms with Crippen molar-refractivity contribution >= 4 is 12.0 Å². The van der Waals surface area contributed by atoms with Gasteiger partial charge in [-0.2, -0.15) is 0 Å². The minimum Gasteiger partial charge on any atom is -0.465 e. The van der Waals surface area contributed by atoms with Crippen LogP contribution in [0.15, 0.2) is 42.0 Å². The quantitative estimate of drug-likeness (QED) is 0.596. The standard InChI is InChI=1S/C20H30N2O3/c1-14(2)12-17(11-10-16-8-6-5-7-9-16)21-19(23)18(13-15(3)4)22-20(24)25/h5-9,12,15,17-18,22H,10-11,13H2,1-4H3,(H,21,23)(H,24,25). The molecule has 25 heavy (non-hydrogen) atoms. The van der Waals surface area contributed by atoms with Crippen LogP contribution in [0.3, 0.4) is 0 Å². The molecule has 0 saturated carbocycles. The Kier molecular flexibility index (Phi) is 8.75. The average Bonchev–Trinajstić information content (AvgIpc) is 2.51. The summed E-state index contributed by atoms with van der Waals surface area (Å²) in [5, 5.41) is 14.3. The van der Waals surface area contributed by atoms with Gasteiger partial charge in [-0.15, -0.1) is 0 Å². The van der Waals surface area contributed by atoms with Crippen molar-refractivity contribution < 1.29 is 14.7 Å². The Bertz CT molecular complexity index is 578. The summed E-state index contributed by atoms with van der Waals surface area (Å²) in [6.45, 7) is 7.91. The van der Waals surface area contributed by atoms with E-state index in [9.17, 15) is 9.59 Å². The maximum atomic E-state index is 12.6. The summed E-state index contributed by atoms with van der Waals surface area (Å²) in [6.07, 6.45) is 2.93. The maximum Gasteiger partial charge on any atom is 0.405 e. The molecule has 3 N–H and O–H groups in total. The lowest BCUT2D eigenvalue weighted by atomic mass is 10.0. The van der Waals surface area contributed by atoms with Crippen LogP contribution in [0.1, 0.15) is 46.1 Å². The molecule has 0 radical (unpaired) electrons. The van der Waals surface area contributed by atoms with Crippen LogP contribution in [0.4, 0.5) is 4.79 Å². The lowest BCUT2D eigenvalue weighted by Gasteiger charge is -2.22. The lowest BCUT2D eigenvalue weighted by molar-refractivity contribution is -0.123. The van der Waals surface area contributed by atoms with Gasteiger partial charge in [-0.3, -0.25) is 4.79 Å². The Morgan fingerprint density at radius 2 is 1.76 bits per heavy atom. The highest BCUT2D eigenvalue weighted by atomic mass is 16.4. The molecule has 1 aromatic rings. The molecular formula is C20H30N2O3. The van der Waals surface area contributed by atoms with Crippen LogP contribution in [0.5, 0.6) is 0 Å². The summed E-state index contributed by atoms with van der Waals surface area (Å²) in [4.78, 5) is 23.5. The topological polar surface area (TPSA) is 78.4 Å². The monoisotopic (exact) mass is 346 g/mol. The molecule has 0 fully saturated rings. The number of allylic oxidation sites excluding steroid dienone is 1. The summed E-state index contributed by atoms with van der Waals surface area (Å²) in [7, 11) is 0. The van der Waals surface area contributed by atoms with E-state index in [4.69, 9.17) is 5.11 Å². The highest BCUT2D eigenvalue weighted by Gasteiger charge is 2.23. The summed E-state index contributed by atoms with van der Waals surface area (Å²) in [5.74, 6) is -0.0551. The summed E-state index contributed by atoms with van der Waals surface area (Å²) >= 11 is 0. The smallest absolute Gasteiger partial charge is 0.405 e. The first-order chi connectivity index (χ1) is 11.8. The van der Waals surface area contributed by atoms with Crippen LogP contribution < -0.4 is 10.6 Å². The molecule has 2 amide bonds. The molecular weight excluding hydrogens is 316 g/mol. The number of carboxylic acid groups (broad SMARTS) is 1. The fourth-order valence-electron chi connectivity index (χ4n) is 2.70. The normalized spacial score (nSPS) is 13.0. The Morgan fingerprint density at radius 1 is 1.12 bits per heavy atom. The predicted octanol–water partition coefficient (Wildman–Crippen LogP) is 3.75. The van der Waals surface area contributed by atoms with Gasteiger partial charge in [0.15, 0.2) is 0 Å². The Labute approximate surface area is 150 Å². The van der Waals surface area contributed by atoms with Gasteiger partial charge in [0.05, 0.1) is 0 Å². The Hall–Kier alpha value is -2.30. The number of carbonyl (C=O) groups is 2.